The second-order valence-corrected chi connectivity index (χ2v) is 6.68. The van der Waals surface area contributed by atoms with Crippen molar-refractivity contribution in [2.45, 2.75) is 104 Å². The van der Waals surface area contributed by atoms with Gasteiger partial charge in [0.25, 0.3) is 0 Å². The number of carbonyl (C=O) groups excluding carboxylic acids is 1. The highest BCUT2D eigenvalue weighted by Crippen LogP contribution is 2.29. The third-order valence-electron chi connectivity index (χ3n) is 4.45. The van der Waals surface area contributed by atoms with Crippen molar-refractivity contribution in [2.75, 3.05) is 6.61 Å². The molecule has 0 aromatic heterocycles. The van der Waals surface area contributed by atoms with Crippen LogP contribution in [0.3, 0.4) is 0 Å². The quantitative estimate of drug-likeness (QED) is 0.352. The minimum absolute atomic E-state index is 0.233. The maximum Gasteiger partial charge on any atom is 0.311 e. The highest BCUT2D eigenvalue weighted by molar-refractivity contribution is 5.73. The highest BCUT2D eigenvalue weighted by Gasteiger charge is 2.37. The van der Waals surface area contributed by atoms with E-state index in [1.165, 1.54) is 32.1 Å². The second-order valence-electron chi connectivity index (χ2n) is 6.68. The van der Waals surface area contributed by atoms with E-state index in [1.54, 1.807) is 6.92 Å². The predicted molar refractivity (Wildman–Crippen MR) is 92.9 cm³/mol. The number of esters is 1. The van der Waals surface area contributed by atoms with Crippen molar-refractivity contribution in [3.05, 3.63) is 0 Å². The van der Waals surface area contributed by atoms with Crippen molar-refractivity contribution in [1.82, 2.24) is 0 Å². The van der Waals surface area contributed by atoms with Gasteiger partial charge in [0, 0.05) is 0 Å². The molecule has 1 N–H and O–H groups in total. The molecule has 0 aliphatic carbocycles. The summed E-state index contributed by atoms with van der Waals surface area (Å²) in [6.45, 7) is 8.34. The van der Waals surface area contributed by atoms with Gasteiger partial charge in [-0.1, -0.05) is 71.6 Å². The Kier molecular flexibility index (Phi) is 12.6. The molecule has 0 aliphatic rings. The Bertz CT molecular complexity index is 274. The normalized spacial score (nSPS) is 15.3. The minimum Gasteiger partial charge on any atom is -0.466 e. The van der Waals surface area contributed by atoms with Crippen LogP contribution in [-0.2, 0) is 9.53 Å². The van der Waals surface area contributed by atoms with Gasteiger partial charge in [-0.2, -0.15) is 0 Å². The average Bonchev–Trinajstić information content (AvgIpc) is 2.46. The van der Waals surface area contributed by atoms with Crippen molar-refractivity contribution in [1.29, 1.82) is 0 Å². The molecule has 0 aromatic carbocycles. The van der Waals surface area contributed by atoms with Crippen LogP contribution in [0.5, 0.6) is 0 Å². The van der Waals surface area contributed by atoms with Crippen molar-refractivity contribution >= 4 is 5.97 Å². The van der Waals surface area contributed by atoms with E-state index in [0.29, 0.717) is 13.0 Å². The van der Waals surface area contributed by atoms with Gasteiger partial charge in [0.1, 0.15) is 0 Å². The van der Waals surface area contributed by atoms with Crippen LogP contribution in [0, 0.1) is 5.92 Å². The molecule has 0 aromatic rings. The minimum atomic E-state index is -0.940. The zero-order valence-corrected chi connectivity index (χ0v) is 15.3. The Morgan fingerprint density at radius 1 is 0.955 bits per heavy atom. The van der Waals surface area contributed by atoms with E-state index in [2.05, 4.69) is 13.8 Å². The van der Waals surface area contributed by atoms with E-state index < -0.39 is 5.60 Å². The largest absolute Gasteiger partial charge is 0.466 e. The lowest BCUT2D eigenvalue weighted by Crippen LogP contribution is -2.40. The molecule has 132 valence electrons. The van der Waals surface area contributed by atoms with Crippen molar-refractivity contribution in [3.8, 4) is 0 Å². The lowest BCUT2D eigenvalue weighted by atomic mass is 9.81. The number of hydrogen-bond donors (Lipinski definition) is 1. The molecule has 0 heterocycles. The Balaban J connectivity index is 4.22. The molecule has 0 saturated carbocycles. The number of aliphatic hydroxyl groups is 1. The maximum absolute atomic E-state index is 12.1. The number of carbonyl (C=O) groups is 1. The molecule has 0 rings (SSSR count). The molecule has 0 saturated heterocycles. The molecule has 2 unspecified atom stereocenters. The van der Waals surface area contributed by atoms with Crippen molar-refractivity contribution < 1.29 is 14.6 Å². The Morgan fingerprint density at radius 2 is 1.50 bits per heavy atom. The van der Waals surface area contributed by atoms with Crippen LogP contribution < -0.4 is 0 Å². The van der Waals surface area contributed by atoms with Gasteiger partial charge in [0.05, 0.1) is 18.1 Å². The van der Waals surface area contributed by atoms with Crippen molar-refractivity contribution in [2.24, 2.45) is 5.92 Å². The Labute approximate surface area is 137 Å². The van der Waals surface area contributed by atoms with Crippen LogP contribution in [0.4, 0.5) is 0 Å². The zero-order chi connectivity index (χ0) is 16.8. The summed E-state index contributed by atoms with van der Waals surface area (Å²) in [6.07, 6.45) is 11.9. The fraction of sp³-hybridized carbons (Fsp3) is 0.947. The highest BCUT2D eigenvalue weighted by atomic mass is 16.5. The lowest BCUT2D eigenvalue weighted by molar-refractivity contribution is -0.158. The summed E-state index contributed by atoms with van der Waals surface area (Å²) < 4.78 is 5.16. The summed E-state index contributed by atoms with van der Waals surface area (Å²) in [5.74, 6) is -0.614. The molecule has 0 amide bonds. The first kappa shape index (κ1) is 21.4. The summed E-state index contributed by atoms with van der Waals surface area (Å²) in [7, 11) is 0. The Morgan fingerprint density at radius 3 is 2.05 bits per heavy atom. The number of ether oxygens (including phenoxy) is 1. The summed E-state index contributed by atoms with van der Waals surface area (Å²) in [5.41, 5.74) is -0.940. The van der Waals surface area contributed by atoms with Crippen LogP contribution in [0.1, 0.15) is 98.3 Å². The standard InChI is InChI=1S/C19H38O3/c1-5-8-10-11-12-13-14-16-19(4,21)17(15-9-6-2)18(20)22-7-3/h17,21H,5-16H2,1-4H3. The molecular formula is C19H38O3. The van der Waals surface area contributed by atoms with Gasteiger partial charge < -0.3 is 9.84 Å². The van der Waals surface area contributed by atoms with Gasteiger partial charge in [-0.05, 0) is 26.7 Å². The number of unbranched alkanes of at least 4 members (excludes halogenated alkanes) is 7. The first-order valence-corrected chi connectivity index (χ1v) is 9.38. The molecule has 3 nitrogen and oxygen atoms in total. The fourth-order valence-electron chi connectivity index (χ4n) is 2.95. The molecule has 0 aliphatic heterocycles. The van der Waals surface area contributed by atoms with E-state index in [-0.39, 0.29) is 11.9 Å². The van der Waals surface area contributed by atoms with Crippen LogP contribution in [0.15, 0.2) is 0 Å². The number of rotatable bonds is 14. The monoisotopic (exact) mass is 314 g/mol. The van der Waals surface area contributed by atoms with Gasteiger partial charge in [-0.3, -0.25) is 4.79 Å². The molecular weight excluding hydrogens is 276 g/mol. The topological polar surface area (TPSA) is 46.5 Å². The van der Waals surface area contributed by atoms with Gasteiger partial charge in [0.15, 0.2) is 0 Å². The van der Waals surface area contributed by atoms with Gasteiger partial charge >= 0.3 is 5.97 Å². The Hall–Kier alpha value is -0.570. The van der Waals surface area contributed by atoms with Crippen LogP contribution in [0.2, 0.25) is 0 Å². The fourth-order valence-corrected chi connectivity index (χ4v) is 2.95. The van der Waals surface area contributed by atoms with Crippen molar-refractivity contribution in [3.63, 3.8) is 0 Å². The molecule has 0 fully saturated rings. The summed E-state index contributed by atoms with van der Waals surface area (Å²) in [4.78, 5) is 12.1. The van der Waals surface area contributed by atoms with E-state index in [4.69, 9.17) is 4.74 Å². The van der Waals surface area contributed by atoms with Gasteiger partial charge in [-0.25, -0.2) is 0 Å². The first-order chi connectivity index (χ1) is 10.5. The van der Waals surface area contributed by atoms with Crippen LogP contribution >= 0.6 is 0 Å². The lowest BCUT2D eigenvalue weighted by Gasteiger charge is -2.31. The van der Waals surface area contributed by atoms with Crippen LogP contribution in [0.25, 0.3) is 0 Å². The second kappa shape index (κ2) is 12.9. The van der Waals surface area contributed by atoms with Gasteiger partial charge in [0.2, 0.25) is 0 Å². The van der Waals surface area contributed by atoms with E-state index in [9.17, 15) is 9.90 Å². The van der Waals surface area contributed by atoms with E-state index in [0.717, 1.165) is 32.1 Å². The molecule has 22 heavy (non-hydrogen) atoms. The summed E-state index contributed by atoms with van der Waals surface area (Å²) >= 11 is 0. The third-order valence-corrected chi connectivity index (χ3v) is 4.45. The van der Waals surface area contributed by atoms with Gasteiger partial charge in [-0.15, -0.1) is 0 Å². The zero-order valence-electron chi connectivity index (χ0n) is 15.3. The number of hydrogen-bond acceptors (Lipinski definition) is 3. The van der Waals surface area contributed by atoms with Crippen LogP contribution in [-0.4, -0.2) is 23.3 Å². The summed E-state index contributed by atoms with van der Waals surface area (Å²) in [5, 5.41) is 10.7. The SMILES string of the molecule is CCCCCCCCCC(C)(O)C(CCCC)C(=O)OCC. The average molecular weight is 315 g/mol. The molecule has 0 spiro atoms. The van der Waals surface area contributed by atoms with E-state index >= 15 is 0 Å². The molecule has 0 bridgehead atoms. The smallest absolute Gasteiger partial charge is 0.311 e. The molecule has 3 heteroatoms. The summed E-state index contributed by atoms with van der Waals surface area (Å²) in [6, 6.07) is 0. The molecule has 0 radical (unpaired) electrons. The molecule has 2 atom stereocenters. The third kappa shape index (κ3) is 9.45. The maximum atomic E-state index is 12.1. The first-order valence-electron chi connectivity index (χ1n) is 9.38. The predicted octanol–water partition coefficient (Wildman–Crippen LogP) is 5.25. The van der Waals surface area contributed by atoms with E-state index in [1.807, 2.05) is 6.92 Å².